The predicted octanol–water partition coefficient (Wildman–Crippen LogP) is 0.788. The van der Waals surface area contributed by atoms with Gasteiger partial charge in [-0.1, -0.05) is 12.2 Å². The van der Waals surface area contributed by atoms with Gasteiger partial charge in [0.05, 0.1) is 6.10 Å². The fraction of sp³-hybridized carbons (Fsp3) is 0.571. The van der Waals surface area contributed by atoms with Crippen LogP contribution in [0.3, 0.4) is 0 Å². The first-order valence-corrected chi connectivity index (χ1v) is 3.19. The molecule has 0 aliphatic rings. The highest BCUT2D eigenvalue weighted by Crippen LogP contribution is 1.92. The average molecular weight is 144 g/mol. The molecule has 0 aromatic heterocycles. The first-order chi connectivity index (χ1) is 4.63. The Morgan fingerprint density at radius 1 is 1.70 bits per heavy atom. The molecule has 0 aromatic carbocycles. The van der Waals surface area contributed by atoms with Crippen LogP contribution in [0, 0.1) is 0 Å². The van der Waals surface area contributed by atoms with E-state index in [4.69, 9.17) is 10.2 Å². The summed E-state index contributed by atoms with van der Waals surface area (Å²) >= 11 is 0. The molecule has 0 bridgehead atoms. The highest BCUT2D eigenvalue weighted by Gasteiger charge is 1.92. The van der Waals surface area contributed by atoms with Gasteiger partial charge in [0.15, 0.2) is 0 Å². The number of rotatable bonds is 4. The van der Waals surface area contributed by atoms with Crippen molar-refractivity contribution in [2.24, 2.45) is 0 Å². The minimum atomic E-state index is -0.810. The number of aliphatic carboxylic acids is 1. The van der Waals surface area contributed by atoms with Crippen LogP contribution in [-0.4, -0.2) is 22.3 Å². The van der Waals surface area contributed by atoms with Gasteiger partial charge in [0.1, 0.15) is 0 Å². The summed E-state index contributed by atoms with van der Waals surface area (Å²) in [6.45, 7) is 1.62. The van der Waals surface area contributed by atoms with Crippen LogP contribution in [0.25, 0.3) is 0 Å². The van der Waals surface area contributed by atoms with Crippen molar-refractivity contribution < 1.29 is 15.0 Å². The fourth-order valence-electron chi connectivity index (χ4n) is 0.500. The zero-order chi connectivity index (χ0) is 7.98. The molecule has 0 spiro atoms. The minimum Gasteiger partial charge on any atom is -0.481 e. The number of carboxylic acids is 1. The Labute approximate surface area is 60.0 Å². The van der Waals surface area contributed by atoms with E-state index in [1.54, 1.807) is 19.1 Å². The monoisotopic (exact) mass is 144 g/mol. The Balaban J connectivity index is 3.27. The number of hydrogen-bond donors (Lipinski definition) is 2. The van der Waals surface area contributed by atoms with Crippen LogP contribution in [-0.2, 0) is 4.79 Å². The Kier molecular flexibility index (Phi) is 4.58. The number of aliphatic hydroxyl groups is 1. The second kappa shape index (κ2) is 4.99. The summed E-state index contributed by atoms with van der Waals surface area (Å²) in [5.41, 5.74) is 0. The Hall–Kier alpha value is -0.830. The molecule has 1 atom stereocenters. The smallest absolute Gasteiger partial charge is 0.303 e. The lowest BCUT2D eigenvalue weighted by Crippen LogP contribution is -1.94. The molecule has 0 saturated carbocycles. The second-order valence-corrected chi connectivity index (χ2v) is 2.10. The van der Waals surface area contributed by atoms with Gasteiger partial charge in [0, 0.05) is 6.42 Å². The number of aliphatic hydroxyl groups excluding tert-OH is 1. The molecule has 3 heteroatoms. The van der Waals surface area contributed by atoms with E-state index in [2.05, 4.69) is 0 Å². The summed E-state index contributed by atoms with van der Waals surface area (Å²) < 4.78 is 0. The van der Waals surface area contributed by atoms with Gasteiger partial charge >= 0.3 is 5.97 Å². The quantitative estimate of drug-likeness (QED) is 0.573. The van der Waals surface area contributed by atoms with E-state index in [9.17, 15) is 4.79 Å². The van der Waals surface area contributed by atoms with Crippen molar-refractivity contribution in [3.8, 4) is 0 Å². The van der Waals surface area contributed by atoms with Crippen LogP contribution < -0.4 is 0 Å². The molecular weight excluding hydrogens is 132 g/mol. The highest BCUT2D eigenvalue weighted by molar-refractivity contribution is 5.66. The third-order valence-corrected chi connectivity index (χ3v) is 0.939. The molecule has 0 radical (unpaired) electrons. The Morgan fingerprint density at radius 3 is 2.70 bits per heavy atom. The molecule has 58 valence electrons. The van der Waals surface area contributed by atoms with Crippen LogP contribution in [0.15, 0.2) is 12.2 Å². The fourth-order valence-corrected chi connectivity index (χ4v) is 0.500. The van der Waals surface area contributed by atoms with Crippen molar-refractivity contribution in [1.82, 2.24) is 0 Å². The van der Waals surface area contributed by atoms with Gasteiger partial charge in [-0.3, -0.25) is 4.79 Å². The number of carboxylic acid groups (broad SMARTS) is 1. The van der Waals surface area contributed by atoms with Gasteiger partial charge in [0.25, 0.3) is 0 Å². The van der Waals surface area contributed by atoms with Crippen LogP contribution in [0.4, 0.5) is 0 Å². The summed E-state index contributed by atoms with van der Waals surface area (Å²) in [7, 11) is 0. The summed E-state index contributed by atoms with van der Waals surface area (Å²) in [6.07, 6.45) is 3.37. The van der Waals surface area contributed by atoms with Gasteiger partial charge in [-0.15, -0.1) is 0 Å². The summed E-state index contributed by atoms with van der Waals surface area (Å²) in [6, 6.07) is 0. The topological polar surface area (TPSA) is 57.5 Å². The molecule has 10 heavy (non-hydrogen) atoms. The first kappa shape index (κ1) is 9.17. The minimum absolute atomic E-state index is 0.128. The highest BCUT2D eigenvalue weighted by atomic mass is 16.4. The lowest BCUT2D eigenvalue weighted by atomic mass is 10.2. The molecule has 3 nitrogen and oxygen atoms in total. The van der Waals surface area contributed by atoms with Crippen molar-refractivity contribution in [1.29, 1.82) is 0 Å². The third-order valence-electron chi connectivity index (χ3n) is 0.939. The molecule has 0 heterocycles. The molecule has 0 rings (SSSR count). The molecule has 0 fully saturated rings. The Morgan fingerprint density at radius 2 is 2.30 bits per heavy atom. The molecule has 1 unspecified atom stereocenters. The molecule has 0 saturated heterocycles. The van der Waals surface area contributed by atoms with Crippen molar-refractivity contribution in [2.75, 3.05) is 0 Å². The van der Waals surface area contributed by atoms with Crippen molar-refractivity contribution >= 4 is 5.97 Å². The molecule has 0 aliphatic carbocycles. The van der Waals surface area contributed by atoms with E-state index in [0.29, 0.717) is 6.42 Å². The Bertz CT molecular complexity index is 127. The number of carbonyl (C=O) groups is 1. The SMILES string of the molecule is CC(O)C=CCCC(=O)O. The number of hydrogen-bond acceptors (Lipinski definition) is 2. The molecular formula is C7H12O3. The molecule has 0 aliphatic heterocycles. The number of allylic oxidation sites excluding steroid dienone is 1. The first-order valence-electron chi connectivity index (χ1n) is 3.19. The maximum Gasteiger partial charge on any atom is 0.303 e. The predicted molar refractivity (Wildman–Crippen MR) is 37.7 cm³/mol. The standard InChI is InChI=1S/C7H12O3/c1-6(8)4-2-3-5-7(9)10/h2,4,6,8H,3,5H2,1H3,(H,9,10). The lowest BCUT2D eigenvalue weighted by molar-refractivity contribution is -0.136. The molecule has 0 aromatic rings. The maximum absolute atomic E-state index is 9.95. The lowest BCUT2D eigenvalue weighted by Gasteiger charge is -1.91. The van der Waals surface area contributed by atoms with Gasteiger partial charge in [-0.25, -0.2) is 0 Å². The van der Waals surface area contributed by atoms with E-state index in [0.717, 1.165) is 0 Å². The largest absolute Gasteiger partial charge is 0.481 e. The summed E-state index contributed by atoms with van der Waals surface area (Å²) in [5, 5.41) is 16.9. The van der Waals surface area contributed by atoms with E-state index in [1.165, 1.54) is 0 Å². The van der Waals surface area contributed by atoms with Crippen LogP contribution in [0.1, 0.15) is 19.8 Å². The van der Waals surface area contributed by atoms with Crippen LogP contribution in [0.5, 0.6) is 0 Å². The van der Waals surface area contributed by atoms with Gasteiger partial charge in [-0.05, 0) is 13.3 Å². The molecule has 0 amide bonds. The van der Waals surface area contributed by atoms with Crippen LogP contribution in [0.2, 0.25) is 0 Å². The van der Waals surface area contributed by atoms with Crippen molar-refractivity contribution in [3.05, 3.63) is 12.2 Å². The normalized spacial score (nSPS) is 13.8. The average Bonchev–Trinajstić information content (AvgIpc) is 1.79. The second-order valence-electron chi connectivity index (χ2n) is 2.10. The van der Waals surface area contributed by atoms with Gasteiger partial charge < -0.3 is 10.2 Å². The third kappa shape index (κ3) is 7.17. The van der Waals surface area contributed by atoms with Gasteiger partial charge in [-0.2, -0.15) is 0 Å². The van der Waals surface area contributed by atoms with Crippen LogP contribution >= 0.6 is 0 Å². The van der Waals surface area contributed by atoms with Crippen molar-refractivity contribution in [3.63, 3.8) is 0 Å². The van der Waals surface area contributed by atoms with E-state index < -0.39 is 12.1 Å². The van der Waals surface area contributed by atoms with E-state index >= 15 is 0 Å². The van der Waals surface area contributed by atoms with E-state index in [1.807, 2.05) is 0 Å². The maximum atomic E-state index is 9.95. The zero-order valence-corrected chi connectivity index (χ0v) is 5.95. The zero-order valence-electron chi connectivity index (χ0n) is 5.95. The van der Waals surface area contributed by atoms with E-state index in [-0.39, 0.29) is 6.42 Å². The van der Waals surface area contributed by atoms with Crippen molar-refractivity contribution in [2.45, 2.75) is 25.9 Å². The summed E-state index contributed by atoms with van der Waals surface area (Å²) in [4.78, 5) is 9.95. The summed E-state index contributed by atoms with van der Waals surface area (Å²) in [5.74, 6) is -0.810. The van der Waals surface area contributed by atoms with Gasteiger partial charge in [0.2, 0.25) is 0 Å². The molecule has 2 N–H and O–H groups in total.